The van der Waals surface area contributed by atoms with Gasteiger partial charge in [0.25, 0.3) is 5.91 Å². The molecule has 0 saturated heterocycles. The average molecular weight is 327 g/mol. The molecule has 2 rings (SSSR count). The molecule has 24 heavy (non-hydrogen) atoms. The summed E-state index contributed by atoms with van der Waals surface area (Å²) in [6.45, 7) is 5.51. The van der Waals surface area contributed by atoms with Crippen molar-refractivity contribution in [2.45, 2.75) is 6.92 Å². The zero-order valence-corrected chi connectivity index (χ0v) is 13.2. The number of hydrogen-bond donors (Lipinski definition) is 3. The molecule has 0 saturated carbocycles. The first kappa shape index (κ1) is 17.2. The Morgan fingerprint density at radius 2 is 1.71 bits per heavy atom. The van der Waals surface area contributed by atoms with Crippen LogP contribution in [0.25, 0.3) is 0 Å². The minimum absolute atomic E-state index is 0.240. The Morgan fingerprint density at radius 1 is 1.08 bits per heavy atom. The first-order chi connectivity index (χ1) is 11.5. The van der Waals surface area contributed by atoms with Gasteiger partial charge in [-0.3, -0.25) is 4.79 Å². The van der Waals surface area contributed by atoms with Gasteiger partial charge in [0.2, 0.25) is 0 Å². The van der Waals surface area contributed by atoms with Gasteiger partial charge in [-0.25, -0.2) is 9.18 Å². The van der Waals surface area contributed by atoms with Gasteiger partial charge in [0.1, 0.15) is 5.82 Å². The number of rotatable bonds is 5. The fourth-order valence-electron chi connectivity index (χ4n) is 1.91. The summed E-state index contributed by atoms with van der Waals surface area (Å²) in [4.78, 5) is 23.6. The van der Waals surface area contributed by atoms with Gasteiger partial charge in [0.15, 0.2) is 0 Å². The zero-order valence-electron chi connectivity index (χ0n) is 13.2. The molecule has 3 amide bonds. The molecule has 124 valence electrons. The van der Waals surface area contributed by atoms with E-state index in [4.69, 9.17) is 0 Å². The number of urea groups is 1. The molecule has 0 spiro atoms. The third-order valence-electron chi connectivity index (χ3n) is 3.24. The lowest BCUT2D eigenvalue weighted by Crippen LogP contribution is -2.28. The normalized spacial score (nSPS) is 9.92. The monoisotopic (exact) mass is 327 g/mol. The molecule has 0 aliphatic carbocycles. The molecule has 5 nitrogen and oxygen atoms in total. The second kappa shape index (κ2) is 7.92. The van der Waals surface area contributed by atoms with E-state index in [0.717, 1.165) is 0 Å². The molecule has 2 aromatic carbocycles. The Balaban J connectivity index is 1.98. The summed E-state index contributed by atoms with van der Waals surface area (Å²) >= 11 is 0. The molecule has 2 aromatic rings. The summed E-state index contributed by atoms with van der Waals surface area (Å²) in [7, 11) is 0. The van der Waals surface area contributed by atoms with E-state index in [2.05, 4.69) is 22.5 Å². The summed E-state index contributed by atoms with van der Waals surface area (Å²) in [6, 6.07) is 10.6. The molecular formula is C18H18FN3O2. The molecule has 0 heterocycles. The van der Waals surface area contributed by atoms with Crippen LogP contribution in [0.15, 0.2) is 55.1 Å². The number of carbonyl (C=O) groups excluding carboxylic acids is 2. The number of nitrogens with one attached hydrogen (secondary N) is 3. The first-order valence-corrected chi connectivity index (χ1v) is 7.33. The first-order valence-electron chi connectivity index (χ1n) is 7.33. The van der Waals surface area contributed by atoms with Gasteiger partial charge in [0.05, 0.1) is 0 Å². The van der Waals surface area contributed by atoms with Crippen molar-refractivity contribution in [3.05, 3.63) is 72.1 Å². The van der Waals surface area contributed by atoms with E-state index in [1.54, 1.807) is 49.4 Å². The third-order valence-corrected chi connectivity index (χ3v) is 3.24. The van der Waals surface area contributed by atoms with Gasteiger partial charge in [-0.1, -0.05) is 12.1 Å². The average Bonchev–Trinajstić information content (AvgIpc) is 2.57. The van der Waals surface area contributed by atoms with E-state index in [1.807, 2.05) is 0 Å². The fourth-order valence-corrected chi connectivity index (χ4v) is 1.91. The maximum absolute atomic E-state index is 13.5. The highest BCUT2D eigenvalue weighted by Crippen LogP contribution is 2.16. The van der Waals surface area contributed by atoms with Crippen molar-refractivity contribution in [2.75, 3.05) is 17.2 Å². The number of halogens is 1. The second-order valence-electron chi connectivity index (χ2n) is 5.12. The number of aryl methyl sites for hydroxylation is 1. The SMILES string of the molecule is C=CCNC(=O)Nc1ccc(NC(=O)c2ccc(C)c(F)c2)cc1. The Bertz CT molecular complexity index is 757. The number of carbonyl (C=O) groups is 2. The van der Waals surface area contributed by atoms with Crippen LogP contribution in [-0.2, 0) is 0 Å². The summed E-state index contributed by atoms with van der Waals surface area (Å²) in [5, 5.41) is 7.90. The Kier molecular flexibility index (Phi) is 5.68. The highest BCUT2D eigenvalue weighted by atomic mass is 19.1. The van der Waals surface area contributed by atoms with Gasteiger partial charge in [-0.05, 0) is 48.9 Å². The summed E-state index contributed by atoms with van der Waals surface area (Å²) in [5.74, 6) is -0.828. The van der Waals surface area contributed by atoms with Crippen LogP contribution in [0, 0.1) is 12.7 Å². The van der Waals surface area contributed by atoms with Crippen molar-refractivity contribution in [3.8, 4) is 0 Å². The van der Waals surface area contributed by atoms with Crippen molar-refractivity contribution in [1.29, 1.82) is 0 Å². The molecule has 3 N–H and O–H groups in total. The maximum Gasteiger partial charge on any atom is 0.319 e. The summed E-state index contributed by atoms with van der Waals surface area (Å²) < 4.78 is 13.5. The molecule has 0 aliphatic rings. The fraction of sp³-hybridized carbons (Fsp3) is 0.111. The quantitative estimate of drug-likeness (QED) is 0.733. The molecule has 0 radical (unpaired) electrons. The highest BCUT2D eigenvalue weighted by Gasteiger charge is 2.09. The second-order valence-corrected chi connectivity index (χ2v) is 5.12. The van der Waals surface area contributed by atoms with Crippen molar-refractivity contribution < 1.29 is 14.0 Å². The predicted octanol–water partition coefficient (Wildman–Crippen LogP) is 3.69. The number of amides is 3. The molecule has 0 aromatic heterocycles. The largest absolute Gasteiger partial charge is 0.334 e. The van der Waals surface area contributed by atoms with E-state index in [-0.39, 0.29) is 11.6 Å². The highest BCUT2D eigenvalue weighted by molar-refractivity contribution is 6.04. The van der Waals surface area contributed by atoms with Gasteiger partial charge in [0, 0.05) is 23.5 Å². The van der Waals surface area contributed by atoms with E-state index in [9.17, 15) is 14.0 Å². The topological polar surface area (TPSA) is 70.2 Å². The van der Waals surface area contributed by atoms with Crippen LogP contribution in [0.3, 0.4) is 0 Å². The minimum Gasteiger partial charge on any atom is -0.334 e. The summed E-state index contributed by atoms with van der Waals surface area (Å²) in [6.07, 6.45) is 1.58. The van der Waals surface area contributed by atoms with E-state index < -0.39 is 11.7 Å². The van der Waals surface area contributed by atoms with E-state index in [1.165, 1.54) is 6.07 Å². The van der Waals surface area contributed by atoms with Crippen LogP contribution in [0.5, 0.6) is 0 Å². The van der Waals surface area contributed by atoms with E-state index >= 15 is 0 Å². The van der Waals surface area contributed by atoms with Crippen LogP contribution in [0.4, 0.5) is 20.6 Å². The van der Waals surface area contributed by atoms with Crippen LogP contribution >= 0.6 is 0 Å². The number of hydrogen-bond acceptors (Lipinski definition) is 2. The zero-order chi connectivity index (χ0) is 17.5. The van der Waals surface area contributed by atoms with Crippen LogP contribution in [-0.4, -0.2) is 18.5 Å². The standard InChI is InChI=1S/C18H18FN3O2/c1-3-10-20-18(24)22-15-8-6-14(7-9-15)21-17(23)13-5-4-12(2)16(19)11-13/h3-9,11H,1,10H2,2H3,(H,21,23)(H2,20,22,24). The van der Waals surface area contributed by atoms with Crippen LogP contribution < -0.4 is 16.0 Å². The van der Waals surface area contributed by atoms with Gasteiger partial charge >= 0.3 is 6.03 Å². The molecule has 0 fully saturated rings. The Hall–Kier alpha value is -3.15. The minimum atomic E-state index is -0.423. The Labute approximate surface area is 139 Å². The molecule has 6 heteroatoms. The molecular weight excluding hydrogens is 309 g/mol. The molecule has 0 aliphatic heterocycles. The van der Waals surface area contributed by atoms with E-state index in [0.29, 0.717) is 23.5 Å². The Morgan fingerprint density at radius 3 is 2.29 bits per heavy atom. The van der Waals surface area contributed by atoms with Crippen LogP contribution in [0.1, 0.15) is 15.9 Å². The van der Waals surface area contributed by atoms with Crippen molar-refractivity contribution in [2.24, 2.45) is 0 Å². The summed E-state index contributed by atoms with van der Waals surface area (Å²) in [5.41, 5.74) is 1.84. The smallest absolute Gasteiger partial charge is 0.319 e. The molecule has 0 unspecified atom stereocenters. The maximum atomic E-state index is 13.5. The van der Waals surface area contributed by atoms with Gasteiger partial charge in [-0.2, -0.15) is 0 Å². The van der Waals surface area contributed by atoms with Gasteiger partial charge < -0.3 is 16.0 Å². The molecule has 0 bridgehead atoms. The molecule has 0 atom stereocenters. The van der Waals surface area contributed by atoms with Crippen LogP contribution in [0.2, 0.25) is 0 Å². The number of anilines is 2. The van der Waals surface area contributed by atoms with Crippen molar-refractivity contribution >= 4 is 23.3 Å². The lowest BCUT2D eigenvalue weighted by Gasteiger charge is -2.09. The lowest BCUT2D eigenvalue weighted by atomic mass is 10.1. The lowest BCUT2D eigenvalue weighted by molar-refractivity contribution is 0.102. The predicted molar refractivity (Wildman–Crippen MR) is 92.8 cm³/mol. The van der Waals surface area contributed by atoms with Crippen molar-refractivity contribution in [3.63, 3.8) is 0 Å². The third kappa shape index (κ3) is 4.67. The van der Waals surface area contributed by atoms with Gasteiger partial charge in [-0.15, -0.1) is 6.58 Å². The number of benzene rings is 2. The van der Waals surface area contributed by atoms with Crippen molar-refractivity contribution in [1.82, 2.24) is 5.32 Å².